The van der Waals surface area contributed by atoms with E-state index in [0.717, 1.165) is 12.1 Å². The van der Waals surface area contributed by atoms with Crippen LogP contribution in [0.2, 0.25) is 0 Å². The first kappa shape index (κ1) is 29.0. The van der Waals surface area contributed by atoms with Crippen molar-refractivity contribution in [2.75, 3.05) is 26.2 Å². The van der Waals surface area contributed by atoms with Crippen molar-refractivity contribution in [1.82, 2.24) is 15.1 Å². The number of piperidine rings is 1. The van der Waals surface area contributed by atoms with Crippen LogP contribution in [0.15, 0.2) is 42.5 Å². The highest BCUT2D eigenvalue weighted by atomic mass is 19.4. The largest absolute Gasteiger partial charge is 0.416 e. The molecule has 3 heterocycles. The van der Waals surface area contributed by atoms with E-state index >= 15 is 0 Å². The van der Waals surface area contributed by atoms with Crippen LogP contribution in [0.4, 0.5) is 22.0 Å². The van der Waals surface area contributed by atoms with E-state index in [0.29, 0.717) is 18.7 Å². The highest BCUT2D eigenvalue weighted by Crippen LogP contribution is 2.44. The number of halogens is 5. The molecule has 0 saturated carbocycles. The van der Waals surface area contributed by atoms with Gasteiger partial charge in [-0.1, -0.05) is 18.2 Å². The Hall–Kier alpha value is -3.54. The van der Waals surface area contributed by atoms with E-state index in [4.69, 9.17) is 4.74 Å². The van der Waals surface area contributed by atoms with Crippen LogP contribution in [0.5, 0.6) is 0 Å². The Labute approximate surface area is 233 Å². The zero-order valence-electron chi connectivity index (χ0n) is 22.3. The summed E-state index contributed by atoms with van der Waals surface area (Å²) in [6.45, 7) is 1.19. The number of hydrogen-bond donors (Lipinski definition) is 1. The Morgan fingerprint density at radius 2 is 1.88 bits per heavy atom. The van der Waals surface area contributed by atoms with Gasteiger partial charge in [-0.2, -0.15) is 13.2 Å². The molecular formula is C29H30F5N3O4. The summed E-state index contributed by atoms with van der Waals surface area (Å²) < 4.78 is 74.0. The lowest BCUT2D eigenvalue weighted by atomic mass is 9.81. The Bertz CT molecular complexity index is 1320. The summed E-state index contributed by atoms with van der Waals surface area (Å²) in [5.74, 6) is -2.46. The summed E-state index contributed by atoms with van der Waals surface area (Å²) in [6, 6.07) is 8.21. The number of nitrogens with zero attached hydrogens (tertiary/aromatic N) is 2. The fourth-order valence-electron chi connectivity index (χ4n) is 6.21. The second-order valence-corrected chi connectivity index (χ2v) is 10.8. The molecular weight excluding hydrogens is 549 g/mol. The summed E-state index contributed by atoms with van der Waals surface area (Å²) in [6.07, 6.45) is -6.01. The second kappa shape index (κ2) is 11.4. The first-order valence-electron chi connectivity index (χ1n) is 13.5. The van der Waals surface area contributed by atoms with Crippen LogP contribution >= 0.6 is 0 Å². The van der Waals surface area contributed by atoms with Gasteiger partial charge < -0.3 is 19.9 Å². The van der Waals surface area contributed by atoms with Gasteiger partial charge in [0.15, 0.2) is 0 Å². The van der Waals surface area contributed by atoms with Gasteiger partial charge in [0.1, 0.15) is 12.5 Å². The van der Waals surface area contributed by atoms with Gasteiger partial charge in [0.2, 0.25) is 17.7 Å². The van der Waals surface area contributed by atoms with Gasteiger partial charge in [-0.15, -0.1) is 0 Å². The predicted molar refractivity (Wildman–Crippen MR) is 136 cm³/mol. The Morgan fingerprint density at radius 1 is 1.15 bits per heavy atom. The normalized spacial score (nSPS) is 25.6. The lowest BCUT2D eigenvalue weighted by Gasteiger charge is -2.38. The van der Waals surface area contributed by atoms with Crippen molar-refractivity contribution < 1.29 is 41.1 Å². The molecule has 3 aliphatic rings. The maximum Gasteiger partial charge on any atom is 0.416 e. The van der Waals surface area contributed by atoms with E-state index in [2.05, 4.69) is 5.32 Å². The maximum atomic E-state index is 13.8. The van der Waals surface area contributed by atoms with Crippen LogP contribution in [0.3, 0.4) is 0 Å². The van der Waals surface area contributed by atoms with Gasteiger partial charge in [-0.3, -0.25) is 14.4 Å². The summed E-state index contributed by atoms with van der Waals surface area (Å²) in [4.78, 5) is 41.5. The third-order valence-electron chi connectivity index (χ3n) is 8.16. The number of piperazine rings is 1. The van der Waals surface area contributed by atoms with Crippen molar-refractivity contribution in [2.45, 2.75) is 56.8 Å². The van der Waals surface area contributed by atoms with E-state index < -0.39 is 54.3 Å². The quantitative estimate of drug-likeness (QED) is 0.523. The highest BCUT2D eigenvalue weighted by molar-refractivity contribution is 5.91. The SMILES string of the molecule is C[C@@H](O[C@H]1CN2C(=O)CC(C(=O)N3CCNC(=O)C3)C[C@H]2C1c1ccc(F)cc1)c1cc(CF)cc(C(F)(F)F)c1. The molecule has 220 valence electrons. The average Bonchev–Trinajstić information content (AvgIpc) is 3.30. The molecule has 41 heavy (non-hydrogen) atoms. The fourth-order valence-corrected chi connectivity index (χ4v) is 6.21. The molecule has 0 radical (unpaired) electrons. The fraction of sp³-hybridized carbons (Fsp3) is 0.483. The number of benzene rings is 2. The highest BCUT2D eigenvalue weighted by Gasteiger charge is 2.51. The molecule has 3 amide bonds. The third kappa shape index (κ3) is 6.07. The van der Waals surface area contributed by atoms with Crippen LogP contribution in [0, 0.1) is 11.7 Å². The number of amides is 3. The third-order valence-corrected chi connectivity index (χ3v) is 8.16. The lowest BCUT2D eigenvalue weighted by Crippen LogP contribution is -2.54. The van der Waals surface area contributed by atoms with E-state index in [1.54, 1.807) is 24.0 Å². The number of carbonyl (C=O) groups excluding carboxylic acids is 3. The molecule has 5 atom stereocenters. The molecule has 0 aromatic heterocycles. The number of hydrogen-bond acceptors (Lipinski definition) is 4. The van der Waals surface area contributed by atoms with Crippen LogP contribution in [-0.4, -0.2) is 65.8 Å². The minimum atomic E-state index is -4.67. The summed E-state index contributed by atoms with van der Waals surface area (Å²) >= 11 is 0. The molecule has 7 nitrogen and oxygen atoms in total. The van der Waals surface area contributed by atoms with Gasteiger partial charge in [-0.05, 0) is 54.3 Å². The number of ether oxygens (including phenoxy) is 1. The standard InChI is InChI=1S/C29H30F5N3O4/c1-16(19-8-17(13-30)9-21(10-19)29(32,33)34)41-24-14-37-23(27(24)18-2-4-22(31)5-3-18)11-20(12-26(37)39)28(40)36-7-6-35-25(38)15-36/h2-5,8-10,16,20,23-24,27H,6-7,11-15H2,1H3,(H,35,38)/t16-,20?,23+,24+,27?/m1/s1. The van der Waals surface area contributed by atoms with Crippen molar-refractivity contribution >= 4 is 17.7 Å². The minimum Gasteiger partial charge on any atom is -0.368 e. The molecule has 0 aliphatic carbocycles. The summed E-state index contributed by atoms with van der Waals surface area (Å²) in [5.41, 5.74) is -0.326. The number of rotatable bonds is 6. The maximum absolute atomic E-state index is 13.8. The van der Waals surface area contributed by atoms with Crippen molar-refractivity contribution in [2.24, 2.45) is 5.92 Å². The van der Waals surface area contributed by atoms with E-state index in [9.17, 15) is 36.3 Å². The lowest BCUT2D eigenvalue weighted by molar-refractivity contribution is -0.148. The second-order valence-electron chi connectivity index (χ2n) is 10.8. The van der Waals surface area contributed by atoms with Crippen molar-refractivity contribution in [1.29, 1.82) is 0 Å². The molecule has 2 aromatic carbocycles. The topological polar surface area (TPSA) is 79.0 Å². The number of fused-ring (bicyclic) bond motifs is 1. The van der Waals surface area contributed by atoms with E-state index in [1.807, 2.05) is 0 Å². The molecule has 12 heteroatoms. The molecule has 1 N–H and O–H groups in total. The first-order chi connectivity index (χ1) is 19.4. The number of nitrogens with one attached hydrogen (secondary N) is 1. The first-order valence-corrected chi connectivity index (χ1v) is 13.5. The Balaban J connectivity index is 1.43. The van der Waals surface area contributed by atoms with E-state index in [1.165, 1.54) is 23.1 Å². The Morgan fingerprint density at radius 3 is 2.54 bits per heavy atom. The van der Waals surface area contributed by atoms with E-state index in [-0.39, 0.29) is 54.8 Å². The average molecular weight is 580 g/mol. The van der Waals surface area contributed by atoms with Crippen molar-refractivity contribution in [3.8, 4) is 0 Å². The minimum absolute atomic E-state index is 0.0423. The number of carbonyl (C=O) groups is 3. The zero-order chi connectivity index (χ0) is 29.5. The van der Waals surface area contributed by atoms with Crippen LogP contribution < -0.4 is 5.32 Å². The Kier molecular flexibility index (Phi) is 8.04. The molecule has 3 saturated heterocycles. The molecule has 0 spiro atoms. The van der Waals surface area contributed by atoms with Gasteiger partial charge in [0, 0.05) is 43.9 Å². The molecule has 5 rings (SSSR count). The van der Waals surface area contributed by atoms with Crippen molar-refractivity contribution in [3.05, 3.63) is 70.5 Å². The van der Waals surface area contributed by atoms with Crippen LogP contribution in [-0.2, 0) is 32.0 Å². The van der Waals surface area contributed by atoms with Crippen molar-refractivity contribution in [3.63, 3.8) is 0 Å². The van der Waals surface area contributed by atoms with Gasteiger partial charge in [0.05, 0.1) is 24.3 Å². The molecule has 2 aromatic rings. The van der Waals surface area contributed by atoms with Gasteiger partial charge in [-0.25, -0.2) is 8.78 Å². The van der Waals surface area contributed by atoms with Gasteiger partial charge in [0.25, 0.3) is 0 Å². The molecule has 2 unspecified atom stereocenters. The van der Waals surface area contributed by atoms with Crippen LogP contribution in [0.1, 0.15) is 54.0 Å². The summed E-state index contributed by atoms with van der Waals surface area (Å²) in [5, 5.41) is 2.67. The molecule has 3 fully saturated rings. The van der Waals surface area contributed by atoms with Crippen LogP contribution in [0.25, 0.3) is 0 Å². The van der Waals surface area contributed by atoms with Gasteiger partial charge >= 0.3 is 6.18 Å². The number of alkyl halides is 4. The monoisotopic (exact) mass is 579 g/mol. The molecule has 0 bridgehead atoms. The predicted octanol–water partition coefficient (Wildman–Crippen LogP) is 4.12. The summed E-state index contributed by atoms with van der Waals surface area (Å²) in [7, 11) is 0. The smallest absolute Gasteiger partial charge is 0.368 e. The molecule has 3 aliphatic heterocycles. The zero-order valence-corrected chi connectivity index (χ0v) is 22.3.